The van der Waals surface area contributed by atoms with Crippen LogP contribution in [0.1, 0.15) is 31.7 Å². The number of halogens is 3. The van der Waals surface area contributed by atoms with Crippen LogP contribution in [0.2, 0.25) is 0 Å². The Morgan fingerprint density at radius 1 is 1.37 bits per heavy atom. The maximum Gasteiger partial charge on any atom is 0.387 e. The Morgan fingerprint density at radius 2 is 2.19 bits per heavy atom. The number of aliphatic imine (C=N–C) groups is 1. The van der Waals surface area contributed by atoms with Crippen LogP contribution in [-0.4, -0.2) is 49.6 Å². The minimum atomic E-state index is -2.84. The molecule has 1 heterocycles. The second kappa shape index (κ2) is 12.7. The molecule has 1 aliphatic rings. The summed E-state index contributed by atoms with van der Waals surface area (Å²) in [5.74, 6) is 1.01. The first kappa shape index (κ1) is 23.4. The van der Waals surface area contributed by atoms with Gasteiger partial charge in [0, 0.05) is 32.6 Å². The lowest BCUT2D eigenvalue weighted by Crippen LogP contribution is -2.39. The molecule has 0 radical (unpaired) electrons. The first-order valence-electron chi connectivity index (χ1n) is 8.92. The second-order valence-electron chi connectivity index (χ2n) is 5.99. The molecule has 0 bridgehead atoms. The Kier molecular flexibility index (Phi) is 11.0. The molecule has 0 atom stereocenters. The van der Waals surface area contributed by atoms with Gasteiger partial charge >= 0.3 is 6.61 Å². The van der Waals surface area contributed by atoms with Crippen LogP contribution in [0.25, 0.3) is 0 Å². The minimum absolute atomic E-state index is 0. The summed E-state index contributed by atoms with van der Waals surface area (Å²) in [4.78, 5) is 17.9. The number of guanidine groups is 1. The smallest absolute Gasteiger partial charge is 0.387 e. The second-order valence-corrected chi connectivity index (χ2v) is 5.99. The van der Waals surface area contributed by atoms with Crippen molar-refractivity contribution in [2.45, 2.75) is 39.3 Å². The van der Waals surface area contributed by atoms with Gasteiger partial charge in [0.2, 0.25) is 5.91 Å². The van der Waals surface area contributed by atoms with Crippen molar-refractivity contribution in [3.8, 4) is 5.75 Å². The minimum Gasteiger partial charge on any atom is -0.435 e. The SMILES string of the molecule is CCNC(=NCc1cccc(OC(F)F)c1)NCCCN1CCCC1=O.I. The van der Waals surface area contributed by atoms with Gasteiger partial charge in [0.05, 0.1) is 6.54 Å². The third-order valence-corrected chi connectivity index (χ3v) is 3.96. The molecule has 9 heteroatoms. The Morgan fingerprint density at radius 3 is 2.85 bits per heavy atom. The van der Waals surface area contributed by atoms with E-state index in [-0.39, 0.29) is 35.6 Å². The van der Waals surface area contributed by atoms with Gasteiger partial charge in [-0.1, -0.05) is 12.1 Å². The van der Waals surface area contributed by atoms with Crippen LogP contribution in [0.3, 0.4) is 0 Å². The highest BCUT2D eigenvalue weighted by Crippen LogP contribution is 2.16. The number of hydrogen-bond acceptors (Lipinski definition) is 3. The molecule has 1 amide bonds. The van der Waals surface area contributed by atoms with Crippen molar-refractivity contribution >= 4 is 35.8 Å². The van der Waals surface area contributed by atoms with Gasteiger partial charge in [-0.05, 0) is 37.5 Å². The van der Waals surface area contributed by atoms with E-state index in [0.717, 1.165) is 31.5 Å². The third kappa shape index (κ3) is 8.72. The quantitative estimate of drug-likeness (QED) is 0.239. The lowest BCUT2D eigenvalue weighted by molar-refractivity contribution is -0.127. The molecule has 0 unspecified atom stereocenters. The largest absolute Gasteiger partial charge is 0.435 e. The molecule has 27 heavy (non-hydrogen) atoms. The van der Waals surface area contributed by atoms with Crippen LogP contribution >= 0.6 is 24.0 Å². The molecule has 152 valence electrons. The number of ether oxygens (including phenoxy) is 1. The number of hydrogen-bond donors (Lipinski definition) is 2. The van der Waals surface area contributed by atoms with Gasteiger partial charge in [-0.3, -0.25) is 4.79 Å². The molecule has 0 saturated carbocycles. The lowest BCUT2D eigenvalue weighted by Gasteiger charge is -2.16. The van der Waals surface area contributed by atoms with Gasteiger partial charge in [0.1, 0.15) is 5.75 Å². The fourth-order valence-electron chi connectivity index (χ4n) is 2.75. The number of likely N-dealkylation sites (tertiary alicyclic amines) is 1. The van der Waals surface area contributed by atoms with E-state index in [2.05, 4.69) is 20.4 Å². The molecular weight excluding hydrogens is 469 g/mol. The molecule has 1 saturated heterocycles. The first-order valence-corrected chi connectivity index (χ1v) is 8.92. The van der Waals surface area contributed by atoms with Crippen molar-refractivity contribution in [3.63, 3.8) is 0 Å². The number of carbonyl (C=O) groups is 1. The molecule has 0 aromatic heterocycles. The highest BCUT2D eigenvalue weighted by atomic mass is 127. The summed E-state index contributed by atoms with van der Waals surface area (Å²) in [7, 11) is 0. The van der Waals surface area contributed by atoms with E-state index in [9.17, 15) is 13.6 Å². The van der Waals surface area contributed by atoms with Crippen LogP contribution in [0.15, 0.2) is 29.3 Å². The third-order valence-electron chi connectivity index (χ3n) is 3.96. The fraction of sp³-hybridized carbons (Fsp3) is 0.556. The van der Waals surface area contributed by atoms with Crippen molar-refractivity contribution in [2.75, 3.05) is 26.2 Å². The van der Waals surface area contributed by atoms with E-state index in [4.69, 9.17) is 0 Å². The van der Waals surface area contributed by atoms with Crippen LogP contribution in [-0.2, 0) is 11.3 Å². The van der Waals surface area contributed by atoms with E-state index >= 15 is 0 Å². The van der Waals surface area contributed by atoms with Crippen LogP contribution < -0.4 is 15.4 Å². The molecule has 0 aliphatic carbocycles. The van der Waals surface area contributed by atoms with Crippen molar-refractivity contribution in [1.29, 1.82) is 0 Å². The molecule has 0 spiro atoms. The van der Waals surface area contributed by atoms with Crippen molar-refractivity contribution in [2.24, 2.45) is 4.99 Å². The average molecular weight is 496 g/mol. The Bertz CT molecular complexity index is 617. The van der Waals surface area contributed by atoms with Crippen LogP contribution in [0.4, 0.5) is 8.78 Å². The van der Waals surface area contributed by atoms with Gasteiger partial charge in [-0.2, -0.15) is 8.78 Å². The van der Waals surface area contributed by atoms with E-state index in [0.29, 0.717) is 32.0 Å². The first-order chi connectivity index (χ1) is 12.6. The maximum atomic E-state index is 12.3. The molecule has 1 aromatic rings. The number of nitrogens with zero attached hydrogens (tertiary/aromatic N) is 2. The monoisotopic (exact) mass is 496 g/mol. The van der Waals surface area contributed by atoms with Crippen molar-refractivity contribution < 1.29 is 18.3 Å². The molecule has 2 N–H and O–H groups in total. The summed E-state index contributed by atoms with van der Waals surface area (Å²) in [5.41, 5.74) is 0.781. The predicted molar refractivity (Wildman–Crippen MR) is 112 cm³/mol. The van der Waals surface area contributed by atoms with Crippen molar-refractivity contribution in [3.05, 3.63) is 29.8 Å². The highest BCUT2D eigenvalue weighted by molar-refractivity contribution is 14.0. The summed E-state index contributed by atoms with van der Waals surface area (Å²) >= 11 is 0. The number of nitrogens with one attached hydrogen (secondary N) is 2. The van der Waals surface area contributed by atoms with Gasteiger partial charge in [0.15, 0.2) is 5.96 Å². The number of rotatable bonds is 9. The van der Waals surface area contributed by atoms with Crippen molar-refractivity contribution in [1.82, 2.24) is 15.5 Å². The number of benzene rings is 1. The van der Waals surface area contributed by atoms with Crippen LogP contribution in [0, 0.1) is 0 Å². The molecule has 1 aromatic carbocycles. The van der Waals surface area contributed by atoms with Gasteiger partial charge in [-0.25, -0.2) is 4.99 Å². The van der Waals surface area contributed by atoms with E-state index in [1.807, 2.05) is 17.9 Å². The molecule has 1 aliphatic heterocycles. The zero-order chi connectivity index (χ0) is 18.8. The number of amides is 1. The number of alkyl halides is 2. The van der Waals surface area contributed by atoms with Gasteiger partial charge in [-0.15, -0.1) is 24.0 Å². The van der Waals surface area contributed by atoms with E-state index in [1.165, 1.54) is 6.07 Å². The van der Waals surface area contributed by atoms with Crippen LogP contribution in [0.5, 0.6) is 5.75 Å². The van der Waals surface area contributed by atoms with Gasteiger partial charge < -0.3 is 20.3 Å². The maximum absolute atomic E-state index is 12.3. The average Bonchev–Trinajstić information content (AvgIpc) is 3.01. The summed E-state index contributed by atoms with van der Waals surface area (Å²) in [5, 5.41) is 6.37. The zero-order valence-electron chi connectivity index (χ0n) is 15.4. The molecule has 2 rings (SSSR count). The van der Waals surface area contributed by atoms with E-state index < -0.39 is 6.61 Å². The van der Waals surface area contributed by atoms with Gasteiger partial charge in [0.25, 0.3) is 0 Å². The zero-order valence-corrected chi connectivity index (χ0v) is 17.7. The Hall–Kier alpha value is -1.65. The Labute approximate surface area is 175 Å². The molecular formula is C18H27F2IN4O2. The normalized spacial score (nSPS) is 14.3. The summed E-state index contributed by atoms with van der Waals surface area (Å²) in [6, 6.07) is 6.51. The highest BCUT2D eigenvalue weighted by Gasteiger charge is 2.18. The predicted octanol–water partition coefficient (Wildman–Crippen LogP) is 2.97. The Balaban J connectivity index is 0.00000364. The standard InChI is InChI=1S/C18H26F2N4O2.HI/c1-2-21-18(22-9-5-11-24-10-4-8-16(24)25)23-13-14-6-3-7-15(12-14)26-17(19)20;/h3,6-7,12,17H,2,4-5,8-11,13H2,1H3,(H2,21,22,23);1H. The summed E-state index contributed by atoms with van der Waals surface area (Å²) < 4.78 is 29.0. The summed E-state index contributed by atoms with van der Waals surface area (Å²) in [6.07, 6.45) is 2.45. The van der Waals surface area contributed by atoms with E-state index in [1.54, 1.807) is 12.1 Å². The lowest BCUT2D eigenvalue weighted by atomic mass is 10.2. The molecule has 6 nitrogen and oxygen atoms in total. The number of carbonyl (C=O) groups excluding carboxylic acids is 1. The molecule has 1 fully saturated rings. The summed E-state index contributed by atoms with van der Waals surface area (Å²) in [6.45, 7) is 2.49. The topological polar surface area (TPSA) is 66.0 Å². The fourth-order valence-corrected chi connectivity index (χ4v) is 2.75.